The number of Topliss-reactive ketones (excluding diaryl/α,β-unsaturated/α-hetero) is 1. The van der Waals surface area contributed by atoms with Gasteiger partial charge in [0.05, 0.1) is 7.11 Å². The number of likely N-dealkylation sites (tertiary alicyclic amines) is 1. The molecule has 0 unspecified atom stereocenters. The number of hydrogen-bond acceptors (Lipinski definition) is 4. The Kier molecular flexibility index (Phi) is 3.65. The Bertz CT molecular complexity index is 336. The van der Waals surface area contributed by atoms with E-state index in [0.717, 1.165) is 0 Å². The SMILES string of the molecule is COC(=O)/C=C/N1C(C)(C)CC(=O)CC1(C)C. The van der Waals surface area contributed by atoms with Gasteiger partial charge in [-0.05, 0) is 27.7 Å². The number of methoxy groups -OCH3 is 1. The van der Waals surface area contributed by atoms with Crippen LogP contribution < -0.4 is 0 Å². The van der Waals surface area contributed by atoms with E-state index in [2.05, 4.69) is 9.64 Å². The molecule has 1 saturated heterocycles. The maximum atomic E-state index is 11.7. The first-order valence-corrected chi connectivity index (χ1v) is 5.76. The van der Waals surface area contributed by atoms with E-state index >= 15 is 0 Å². The van der Waals surface area contributed by atoms with Gasteiger partial charge in [0.2, 0.25) is 0 Å². The van der Waals surface area contributed by atoms with Crippen LogP contribution in [0.2, 0.25) is 0 Å². The first-order chi connectivity index (χ1) is 7.69. The van der Waals surface area contributed by atoms with E-state index < -0.39 is 0 Å². The van der Waals surface area contributed by atoms with Crippen molar-refractivity contribution < 1.29 is 14.3 Å². The van der Waals surface area contributed by atoms with E-state index in [1.54, 1.807) is 6.20 Å². The van der Waals surface area contributed by atoms with Crippen LogP contribution in [0.25, 0.3) is 0 Å². The summed E-state index contributed by atoms with van der Waals surface area (Å²) in [5, 5.41) is 0. The number of hydrogen-bond donors (Lipinski definition) is 0. The molecule has 0 aromatic heterocycles. The molecule has 1 aliphatic heterocycles. The molecule has 0 aromatic carbocycles. The molecule has 0 N–H and O–H groups in total. The highest BCUT2D eigenvalue weighted by molar-refractivity contribution is 5.83. The van der Waals surface area contributed by atoms with Gasteiger partial charge in [0.25, 0.3) is 0 Å². The number of piperidine rings is 1. The van der Waals surface area contributed by atoms with E-state index in [1.807, 2.05) is 27.7 Å². The van der Waals surface area contributed by atoms with Gasteiger partial charge in [-0.25, -0.2) is 4.79 Å². The van der Waals surface area contributed by atoms with Crippen LogP contribution in [0.15, 0.2) is 12.3 Å². The molecule has 4 heteroatoms. The predicted molar refractivity (Wildman–Crippen MR) is 65.4 cm³/mol. The number of esters is 1. The van der Waals surface area contributed by atoms with E-state index in [0.29, 0.717) is 12.8 Å². The lowest BCUT2D eigenvalue weighted by Gasteiger charge is -2.51. The molecule has 0 saturated carbocycles. The third-order valence-electron chi connectivity index (χ3n) is 3.12. The molecule has 0 atom stereocenters. The van der Waals surface area contributed by atoms with Crippen molar-refractivity contribution in [1.82, 2.24) is 4.90 Å². The van der Waals surface area contributed by atoms with Crippen molar-refractivity contribution in [1.29, 1.82) is 0 Å². The molecule has 1 rings (SSSR count). The van der Waals surface area contributed by atoms with Crippen molar-refractivity contribution in [2.24, 2.45) is 0 Å². The fraction of sp³-hybridized carbons (Fsp3) is 0.692. The third kappa shape index (κ3) is 3.08. The number of carbonyl (C=O) groups is 2. The highest BCUT2D eigenvalue weighted by atomic mass is 16.5. The number of nitrogens with zero attached hydrogens (tertiary/aromatic N) is 1. The monoisotopic (exact) mass is 239 g/mol. The standard InChI is InChI=1S/C13H21NO3/c1-12(2)8-10(15)9-13(3,4)14(12)7-6-11(16)17-5/h6-7H,8-9H2,1-5H3/b7-6+. The van der Waals surface area contributed by atoms with Gasteiger partial charge in [0, 0.05) is 36.2 Å². The minimum atomic E-state index is -0.381. The van der Waals surface area contributed by atoms with E-state index in [4.69, 9.17) is 0 Å². The van der Waals surface area contributed by atoms with Gasteiger partial charge in [-0.2, -0.15) is 0 Å². The van der Waals surface area contributed by atoms with Gasteiger partial charge in [0.1, 0.15) is 5.78 Å². The van der Waals surface area contributed by atoms with Crippen molar-refractivity contribution >= 4 is 11.8 Å². The fourth-order valence-electron chi connectivity index (χ4n) is 2.62. The number of ether oxygens (including phenoxy) is 1. The topological polar surface area (TPSA) is 46.6 Å². The summed E-state index contributed by atoms with van der Waals surface area (Å²) in [6.07, 6.45) is 4.14. The molecule has 0 amide bonds. The Morgan fingerprint density at radius 3 is 2.12 bits per heavy atom. The molecule has 1 fully saturated rings. The number of carbonyl (C=O) groups excluding carboxylic acids is 2. The molecule has 0 radical (unpaired) electrons. The average Bonchev–Trinajstić information content (AvgIpc) is 2.12. The summed E-state index contributed by atoms with van der Waals surface area (Å²) in [4.78, 5) is 24.9. The molecule has 17 heavy (non-hydrogen) atoms. The van der Waals surface area contributed by atoms with Crippen LogP contribution in [0.3, 0.4) is 0 Å². The number of ketones is 1. The summed E-state index contributed by atoms with van der Waals surface area (Å²) in [6, 6.07) is 0. The lowest BCUT2D eigenvalue weighted by atomic mass is 9.79. The van der Waals surface area contributed by atoms with Crippen LogP contribution in [0, 0.1) is 0 Å². The Labute approximate surface area is 103 Å². The lowest BCUT2D eigenvalue weighted by molar-refractivity contribution is -0.135. The van der Waals surface area contributed by atoms with Crippen LogP contribution in [-0.4, -0.2) is 34.8 Å². The predicted octanol–water partition coefficient (Wildman–Crippen LogP) is 1.90. The number of rotatable bonds is 2. The molecule has 0 aliphatic carbocycles. The Morgan fingerprint density at radius 2 is 1.71 bits per heavy atom. The van der Waals surface area contributed by atoms with Gasteiger partial charge in [-0.3, -0.25) is 4.79 Å². The van der Waals surface area contributed by atoms with Crippen LogP contribution in [0.5, 0.6) is 0 Å². The van der Waals surface area contributed by atoms with Crippen molar-refractivity contribution in [2.45, 2.75) is 51.6 Å². The zero-order valence-corrected chi connectivity index (χ0v) is 11.2. The average molecular weight is 239 g/mol. The molecule has 4 nitrogen and oxygen atoms in total. The van der Waals surface area contributed by atoms with Gasteiger partial charge < -0.3 is 9.64 Å². The summed E-state index contributed by atoms with van der Waals surface area (Å²) in [5.74, 6) is -0.115. The summed E-state index contributed by atoms with van der Waals surface area (Å²) >= 11 is 0. The third-order valence-corrected chi connectivity index (χ3v) is 3.12. The van der Waals surface area contributed by atoms with Crippen LogP contribution >= 0.6 is 0 Å². The fourth-order valence-corrected chi connectivity index (χ4v) is 2.62. The molecule has 1 heterocycles. The summed E-state index contributed by atoms with van der Waals surface area (Å²) in [6.45, 7) is 8.03. The second-order valence-corrected chi connectivity index (χ2v) is 5.73. The van der Waals surface area contributed by atoms with Gasteiger partial charge in [0.15, 0.2) is 0 Å². The van der Waals surface area contributed by atoms with Crippen LogP contribution in [-0.2, 0) is 14.3 Å². The second-order valence-electron chi connectivity index (χ2n) is 5.73. The maximum Gasteiger partial charge on any atom is 0.331 e. The highest BCUT2D eigenvalue weighted by Gasteiger charge is 2.43. The van der Waals surface area contributed by atoms with Crippen LogP contribution in [0.4, 0.5) is 0 Å². The molecular formula is C13H21NO3. The maximum absolute atomic E-state index is 11.7. The van der Waals surface area contributed by atoms with E-state index in [9.17, 15) is 9.59 Å². The van der Waals surface area contributed by atoms with Gasteiger partial charge in [-0.1, -0.05) is 0 Å². The van der Waals surface area contributed by atoms with Crippen LogP contribution in [0.1, 0.15) is 40.5 Å². The molecule has 1 aliphatic rings. The Balaban J connectivity index is 2.97. The largest absolute Gasteiger partial charge is 0.466 e. The zero-order valence-electron chi connectivity index (χ0n) is 11.2. The molecule has 0 spiro atoms. The minimum absolute atomic E-state index is 0.266. The minimum Gasteiger partial charge on any atom is -0.466 e. The van der Waals surface area contributed by atoms with Crippen molar-refractivity contribution in [2.75, 3.05) is 7.11 Å². The lowest BCUT2D eigenvalue weighted by Crippen LogP contribution is -2.58. The molecule has 0 aromatic rings. The first-order valence-electron chi connectivity index (χ1n) is 5.76. The van der Waals surface area contributed by atoms with Crippen molar-refractivity contribution in [3.63, 3.8) is 0 Å². The summed E-state index contributed by atoms with van der Waals surface area (Å²) in [5.41, 5.74) is -0.549. The Hall–Kier alpha value is -1.32. The van der Waals surface area contributed by atoms with E-state index in [1.165, 1.54) is 13.2 Å². The Morgan fingerprint density at radius 1 is 1.24 bits per heavy atom. The zero-order chi connectivity index (χ0) is 13.3. The summed E-state index contributed by atoms with van der Waals surface area (Å²) in [7, 11) is 1.35. The molecule has 0 bridgehead atoms. The second kappa shape index (κ2) is 4.51. The molecular weight excluding hydrogens is 218 g/mol. The first kappa shape index (κ1) is 13.7. The summed E-state index contributed by atoms with van der Waals surface area (Å²) < 4.78 is 4.58. The normalized spacial score (nSPS) is 22.9. The van der Waals surface area contributed by atoms with Crippen molar-refractivity contribution in [3.05, 3.63) is 12.3 Å². The highest BCUT2D eigenvalue weighted by Crippen LogP contribution is 2.36. The van der Waals surface area contributed by atoms with E-state index in [-0.39, 0.29) is 22.8 Å². The quantitative estimate of drug-likeness (QED) is 0.545. The van der Waals surface area contributed by atoms with Crippen molar-refractivity contribution in [3.8, 4) is 0 Å². The smallest absolute Gasteiger partial charge is 0.331 e. The van der Waals surface area contributed by atoms with Gasteiger partial charge in [-0.15, -0.1) is 0 Å². The van der Waals surface area contributed by atoms with Gasteiger partial charge >= 0.3 is 5.97 Å². The molecule has 96 valence electrons.